The first-order chi connectivity index (χ1) is 9.24. The summed E-state index contributed by atoms with van der Waals surface area (Å²) in [5, 5.41) is 13.6. The largest absolute Gasteiger partial charge is 0.508 e. The molecule has 0 amide bonds. The normalized spacial score (nSPS) is 10.6. The van der Waals surface area contributed by atoms with E-state index < -0.39 is 0 Å². The van der Waals surface area contributed by atoms with Crippen LogP contribution in [0.15, 0.2) is 47.2 Å². The molecule has 2 aromatic heterocycles. The zero-order valence-electron chi connectivity index (χ0n) is 9.62. The van der Waals surface area contributed by atoms with Crippen LogP contribution in [0.1, 0.15) is 0 Å². The van der Waals surface area contributed by atoms with Crippen LogP contribution in [0.3, 0.4) is 0 Å². The van der Waals surface area contributed by atoms with Gasteiger partial charge in [-0.3, -0.25) is 4.98 Å². The maximum Gasteiger partial charge on any atom is 0.259 e. The third kappa shape index (κ3) is 2.28. The van der Waals surface area contributed by atoms with Gasteiger partial charge in [0.1, 0.15) is 5.75 Å². The van der Waals surface area contributed by atoms with Crippen LogP contribution in [0.5, 0.6) is 5.75 Å². The number of rotatable bonds is 2. The van der Waals surface area contributed by atoms with Crippen LogP contribution in [-0.4, -0.2) is 20.2 Å². The standard InChI is InChI=1S/C13H8ClN3O2/c14-11-7-15-6-5-10(11)13-16-12(17-19-13)8-1-3-9(18)4-2-8/h1-7,18H. The lowest BCUT2D eigenvalue weighted by Crippen LogP contribution is -1.82. The third-order valence-electron chi connectivity index (χ3n) is 2.55. The van der Waals surface area contributed by atoms with Gasteiger partial charge >= 0.3 is 0 Å². The van der Waals surface area contributed by atoms with Gasteiger partial charge in [0.15, 0.2) is 0 Å². The van der Waals surface area contributed by atoms with Crippen molar-refractivity contribution < 1.29 is 9.63 Å². The van der Waals surface area contributed by atoms with E-state index in [-0.39, 0.29) is 5.75 Å². The molecular formula is C13H8ClN3O2. The summed E-state index contributed by atoms with van der Waals surface area (Å²) < 4.78 is 5.18. The molecule has 0 fully saturated rings. The molecule has 0 saturated heterocycles. The number of aromatic hydroxyl groups is 1. The lowest BCUT2D eigenvalue weighted by Gasteiger charge is -1.95. The number of benzene rings is 1. The highest BCUT2D eigenvalue weighted by atomic mass is 35.5. The molecule has 0 saturated carbocycles. The summed E-state index contributed by atoms with van der Waals surface area (Å²) in [6, 6.07) is 8.24. The highest BCUT2D eigenvalue weighted by Gasteiger charge is 2.13. The van der Waals surface area contributed by atoms with Gasteiger partial charge in [0.05, 0.1) is 10.6 Å². The van der Waals surface area contributed by atoms with E-state index >= 15 is 0 Å². The fourth-order valence-corrected chi connectivity index (χ4v) is 1.81. The molecule has 0 aliphatic carbocycles. The van der Waals surface area contributed by atoms with Crippen molar-refractivity contribution >= 4 is 11.6 Å². The summed E-state index contributed by atoms with van der Waals surface area (Å²) in [4.78, 5) is 8.17. The van der Waals surface area contributed by atoms with Gasteiger partial charge in [0.25, 0.3) is 5.89 Å². The molecule has 94 valence electrons. The van der Waals surface area contributed by atoms with E-state index in [2.05, 4.69) is 15.1 Å². The summed E-state index contributed by atoms with van der Waals surface area (Å²) in [6.45, 7) is 0. The van der Waals surface area contributed by atoms with Crippen molar-refractivity contribution in [2.45, 2.75) is 0 Å². The number of aromatic nitrogens is 3. The topological polar surface area (TPSA) is 72.0 Å². The molecule has 6 heteroatoms. The van der Waals surface area contributed by atoms with Crippen LogP contribution >= 0.6 is 11.6 Å². The Kier molecular flexibility index (Phi) is 2.89. The molecule has 0 aliphatic rings. The molecule has 0 unspecified atom stereocenters. The van der Waals surface area contributed by atoms with Crippen LogP contribution in [0.2, 0.25) is 5.02 Å². The number of pyridine rings is 1. The van der Waals surface area contributed by atoms with Crippen molar-refractivity contribution in [1.29, 1.82) is 0 Å². The molecular weight excluding hydrogens is 266 g/mol. The Balaban J connectivity index is 2.00. The van der Waals surface area contributed by atoms with Gasteiger partial charge in [0.2, 0.25) is 5.82 Å². The number of halogens is 1. The molecule has 0 spiro atoms. The van der Waals surface area contributed by atoms with Gasteiger partial charge in [-0.15, -0.1) is 0 Å². The van der Waals surface area contributed by atoms with E-state index in [9.17, 15) is 5.11 Å². The minimum absolute atomic E-state index is 0.185. The first-order valence-corrected chi connectivity index (χ1v) is 5.85. The SMILES string of the molecule is Oc1ccc(-c2noc(-c3ccncc3Cl)n2)cc1. The average molecular weight is 274 g/mol. The van der Waals surface area contributed by atoms with E-state index in [0.717, 1.165) is 5.56 Å². The first kappa shape index (κ1) is 11.7. The number of phenolic OH excluding ortho intramolecular Hbond substituents is 1. The van der Waals surface area contributed by atoms with E-state index in [0.29, 0.717) is 22.3 Å². The van der Waals surface area contributed by atoms with Crippen molar-refractivity contribution in [2.75, 3.05) is 0 Å². The Morgan fingerprint density at radius 1 is 1.11 bits per heavy atom. The van der Waals surface area contributed by atoms with Crippen molar-refractivity contribution in [2.24, 2.45) is 0 Å². The smallest absolute Gasteiger partial charge is 0.259 e. The number of hydrogen-bond acceptors (Lipinski definition) is 5. The zero-order valence-corrected chi connectivity index (χ0v) is 10.4. The van der Waals surface area contributed by atoms with Crippen molar-refractivity contribution in [3.8, 4) is 28.6 Å². The summed E-state index contributed by atoms with van der Waals surface area (Å²) in [5.41, 5.74) is 1.38. The van der Waals surface area contributed by atoms with Crippen molar-refractivity contribution in [3.63, 3.8) is 0 Å². The van der Waals surface area contributed by atoms with E-state index in [4.69, 9.17) is 16.1 Å². The minimum atomic E-state index is 0.185. The molecule has 0 bridgehead atoms. The molecule has 19 heavy (non-hydrogen) atoms. The fraction of sp³-hybridized carbons (Fsp3) is 0. The van der Waals surface area contributed by atoms with Gasteiger partial charge < -0.3 is 9.63 Å². The van der Waals surface area contributed by atoms with Crippen LogP contribution in [0, 0.1) is 0 Å². The number of hydrogen-bond donors (Lipinski definition) is 1. The molecule has 3 aromatic rings. The molecule has 0 radical (unpaired) electrons. The second-order valence-corrected chi connectivity index (χ2v) is 4.23. The zero-order chi connectivity index (χ0) is 13.2. The van der Waals surface area contributed by atoms with E-state index in [1.165, 1.54) is 6.20 Å². The van der Waals surface area contributed by atoms with Crippen LogP contribution in [-0.2, 0) is 0 Å². The summed E-state index contributed by atoms with van der Waals surface area (Å²) >= 11 is 6.01. The summed E-state index contributed by atoms with van der Waals surface area (Å²) in [5.74, 6) is 0.947. The molecule has 5 nitrogen and oxygen atoms in total. The van der Waals surface area contributed by atoms with Crippen molar-refractivity contribution in [1.82, 2.24) is 15.1 Å². The van der Waals surface area contributed by atoms with Crippen LogP contribution in [0.25, 0.3) is 22.8 Å². The molecule has 3 rings (SSSR count). The van der Waals surface area contributed by atoms with E-state index in [1.807, 2.05) is 0 Å². The maximum absolute atomic E-state index is 9.23. The lowest BCUT2D eigenvalue weighted by atomic mass is 10.2. The number of nitrogens with zero attached hydrogens (tertiary/aromatic N) is 3. The second-order valence-electron chi connectivity index (χ2n) is 3.83. The van der Waals surface area contributed by atoms with Gasteiger partial charge in [0, 0.05) is 18.0 Å². The number of phenols is 1. The van der Waals surface area contributed by atoms with Crippen molar-refractivity contribution in [3.05, 3.63) is 47.7 Å². The predicted octanol–water partition coefficient (Wildman–Crippen LogP) is 3.16. The summed E-state index contributed by atoms with van der Waals surface area (Å²) in [7, 11) is 0. The monoisotopic (exact) mass is 273 g/mol. The molecule has 0 atom stereocenters. The van der Waals surface area contributed by atoms with E-state index in [1.54, 1.807) is 36.5 Å². The van der Waals surface area contributed by atoms with Crippen LogP contribution < -0.4 is 0 Å². The molecule has 1 aromatic carbocycles. The van der Waals surface area contributed by atoms with Crippen LogP contribution in [0.4, 0.5) is 0 Å². The van der Waals surface area contributed by atoms with Gasteiger partial charge in [-0.25, -0.2) is 0 Å². The van der Waals surface area contributed by atoms with Gasteiger partial charge in [-0.1, -0.05) is 16.8 Å². The Bertz CT molecular complexity index is 710. The summed E-state index contributed by atoms with van der Waals surface area (Å²) in [6.07, 6.45) is 3.12. The molecule has 1 N–H and O–H groups in total. The molecule has 0 aliphatic heterocycles. The van der Waals surface area contributed by atoms with Gasteiger partial charge in [-0.2, -0.15) is 4.98 Å². The maximum atomic E-state index is 9.23. The Labute approximate surface area is 113 Å². The van der Waals surface area contributed by atoms with Gasteiger partial charge in [-0.05, 0) is 30.3 Å². The average Bonchev–Trinajstić information content (AvgIpc) is 2.89. The predicted molar refractivity (Wildman–Crippen MR) is 69.6 cm³/mol. The quantitative estimate of drug-likeness (QED) is 0.776. The lowest BCUT2D eigenvalue weighted by molar-refractivity contribution is 0.432. The highest BCUT2D eigenvalue weighted by Crippen LogP contribution is 2.27. The first-order valence-electron chi connectivity index (χ1n) is 5.47. The second kappa shape index (κ2) is 4.70. The Hall–Kier alpha value is -2.40. The molecule has 2 heterocycles. The minimum Gasteiger partial charge on any atom is -0.508 e. The Morgan fingerprint density at radius 3 is 2.63 bits per heavy atom. The highest BCUT2D eigenvalue weighted by molar-refractivity contribution is 6.32. The third-order valence-corrected chi connectivity index (χ3v) is 2.86. The Morgan fingerprint density at radius 2 is 1.89 bits per heavy atom. The fourth-order valence-electron chi connectivity index (χ4n) is 1.61.